The Morgan fingerprint density at radius 1 is 1.31 bits per heavy atom. The van der Waals surface area contributed by atoms with Gasteiger partial charge in [0.05, 0.1) is 23.8 Å². The van der Waals surface area contributed by atoms with Crippen molar-refractivity contribution in [2.24, 2.45) is 5.92 Å². The molecule has 0 bridgehead atoms. The number of benzene rings is 1. The number of fused-ring (bicyclic) bond motifs is 5. The van der Waals surface area contributed by atoms with E-state index >= 15 is 0 Å². The van der Waals surface area contributed by atoms with Gasteiger partial charge in [0.2, 0.25) is 5.78 Å². The van der Waals surface area contributed by atoms with E-state index < -0.39 is 0 Å². The maximum atomic E-state index is 13.8. The van der Waals surface area contributed by atoms with E-state index in [2.05, 4.69) is 24.0 Å². The van der Waals surface area contributed by atoms with Crippen molar-refractivity contribution in [1.29, 1.82) is 0 Å². The highest BCUT2D eigenvalue weighted by Crippen LogP contribution is 2.37. The molecule has 4 heterocycles. The SMILES string of the molecule is CSc1nnc2n(-c3cccc(C)c3)c(=O)c3c4c(sc3n12)CO[C@H](C(C)C)C4. The summed E-state index contributed by atoms with van der Waals surface area (Å²) in [6.45, 7) is 6.91. The van der Waals surface area contributed by atoms with E-state index in [1.165, 1.54) is 11.8 Å². The largest absolute Gasteiger partial charge is 0.372 e. The van der Waals surface area contributed by atoms with Crippen LogP contribution in [0.4, 0.5) is 0 Å². The van der Waals surface area contributed by atoms with E-state index in [-0.39, 0.29) is 11.7 Å². The predicted molar refractivity (Wildman–Crippen MR) is 118 cm³/mol. The first-order chi connectivity index (χ1) is 14.0. The van der Waals surface area contributed by atoms with Crippen LogP contribution in [-0.4, -0.2) is 31.5 Å². The Kier molecular flexibility index (Phi) is 4.53. The third kappa shape index (κ3) is 2.85. The Bertz CT molecular complexity index is 1300. The van der Waals surface area contributed by atoms with Gasteiger partial charge in [-0.3, -0.25) is 4.79 Å². The quantitative estimate of drug-likeness (QED) is 0.459. The molecule has 4 aromatic rings. The average Bonchev–Trinajstić information content (AvgIpc) is 3.28. The van der Waals surface area contributed by atoms with Crippen LogP contribution < -0.4 is 5.56 Å². The molecule has 29 heavy (non-hydrogen) atoms. The number of hydrogen-bond donors (Lipinski definition) is 0. The Labute approximate surface area is 176 Å². The van der Waals surface area contributed by atoms with Crippen LogP contribution in [0.3, 0.4) is 0 Å². The molecule has 0 amide bonds. The Morgan fingerprint density at radius 3 is 2.86 bits per heavy atom. The Balaban J connectivity index is 1.90. The molecule has 8 heteroatoms. The van der Waals surface area contributed by atoms with E-state index in [0.29, 0.717) is 18.3 Å². The van der Waals surface area contributed by atoms with E-state index in [1.54, 1.807) is 15.9 Å². The van der Waals surface area contributed by atoms with Crippen molar-refractivity contribution in [3.8, 4) is 5.69 Å². The van der Waals surface area contributed by atoms with Gasteiger partial charge in [0, 0.05) is 11.3 Å². The van der Waals surface area contributed by atoms with Gasteiger partial charge in [-0.25, -0.2) is 8.97 Å². The highest BCUT2D eigenvalue weighted by molar-refractivity contribution is 7.98. The molecule has 0 saturated carbocycles. The van der Waals surface area contributed by atoms with Crippen LogP contribution in [0.2, 0.25) is 0 Å². The van der Waals surface area contributed by atoms with Gasteiger partial charge in [-0.1, -0.05) is 37.7 Å². The molecule has 1 aliphatic rings. The number of hydrogen-bond acceptors (Lipinski definition) is 6. The molecule has 1 atom stereocenters. The summed E-state index contributed by atoms with van der Waals surface area (Å²) in [5.74, 6) is 0.954. The van der Waals surface area contributed by atoms with Gasteiger partial charge < -0.3 is 4.74 Å². The average molecular weight is 427 g/mol. The van der Waals surface area contributed by atoms with Gasteiger partial charge >= 0.3 is 0 Å². The first-order valence-corrected chi connectivity index (χ1v) is 11.7. The van der Waals surface area contributed by atoms with Crippen molar-refractivity contribution < 1.29 is 4.74 Å². The van der Waals surface area contributed by atoms with Crippen LogP contribution in [0.5, 0.6) is 0 Å². The second-order valence-corrected chi connectivity index (χ2v) is 9.64. The fourth-order valence-electron chi connectivity index (χ4n) is 4.00. The highest BCUT2D eigenvalue weighted by atomic mass is 32.2. The van der Waals surface area contributed by atoms with Gasteiger partial charge in [0.15, 0.2) is 5.16 Å². The molecule has 0 aliphatic carbocycles. The van der Waals surface area contributed by atoms with Crippen molar-refractivity contribution in [3.63, 3.8) is 0 Å². The Morgan fingerprint density at radius 2 is 2.14 bits per heavy atom. The fraction of sp³-hybridized carbons (Fsp3) is 0.381. The van der Waals surface area contributed by atoms with Crippen LogP contribution in [0.15, 0.2) is 34.2 Å². The molecule has 150 valence electrons. The molecule has 0 unspecified atom stereocenters. The summed E-state index contributed by atoms with van der Waals surface area (Å²) in [5, 5.41) is 10.3. The minimum atomic E-state index is -0.0277. The summed E-state index contributed by atoms with van der Waals surface area (Å²) in [4.78, 5) is 15.9. The molecule has 3 aromatic heterocycles. The number of thioether (sulfide) groups is 1. The first kappa shape index (κ1) is 18.8. The molecular formula is C21H22N4O2S2. The third-order valence-corrected chi connectivity index (χ3v) is 7.35. The van der Waals surface area contributed by atoms with Crippen LogP contribution in [-0.2, 0) is 17.8 Å². The lowest BCUT2D eigenvalue weighted by atomic mass is 9.96. The first-order valence-electron chi connectivity index (χ1n) is 9.66. The van der Waals surface area contributed by atoms with E-state index in [4.69, 9.17) is 4.74 Å². The second-order valence-electron chi connectivity index (χ2n) is 7.78. The zero-order chi connectivity index (χ0) is 20.3. The normalized spacial score (nSPS) is 16.8. The summed E-state index contributed by atoms with van der Waals surface area (Å²) in [7, 11) is 0. The molecule has 0 saturated heterocycles. The summed E-state index contributed by atoms with van der Waals surface area (Å²) in [6.07, 6.45) is 2.87. The highest BCUT2D eigenvalue weighted by Gasteiger charge is 2.30. The lowest BCUT2D eigenvalue weighted by Crippen LogP contribution is -2.28. The maximum Gasteiger partial charge on any atom is 0.268 e. The van der Waals surface area contributed by atoms with Crippen molar-refractivity contribution in [2.75, 3.05) is 6.26 Å². The second kappa shape index (κ2) is 6.97. The van der Waals surface area contributed by atoms with Crippen LogP contribution in [0, 0.1) is 12.8 Å². The topological polar surface area (TPSA) is 61.4 Å². The molecule has 6 nitrogen and oxygen atoms in total. The van der Waals surface area contributed by atoms with Crippen LogP contribution in [0.1, 0.15) is 29.9 Å². The number of thiophene rings is 1. The lowest BCUT2D eigenvalue weighted by molar-refractivity contribution is 0.00200. The van der Waals surface area contributed by atoms with Crippen molar-refractivity contribution >= 4 is 39.1 Å². The zero-order valence-corrected chi connectivity index (χ0v) is 18.4. The smallest absolute Gasteiger partial charge is 0.268 e. The van der Waals surface area contributed by atoms with Gasteiger partial charge in [-0.05, 0) is 42.4 Å². The number of aryl methyl sites for hydroxylation is 1. The van der Waals surface area contributed by atoms with Gasteiger partial charge in [0.1, 0.15) is 4.83 Å². The zero-order valence-electron chi connectivity index (χ0n) is 16.8. The van der Waals surface area contributed by atoms with E-state index in [9.17, 15) is 4.79 Å². The summed E-state index contributed by atoms with van der Waals surface area (Å²) < 4.78 is 9.80. The summed E-state index contributed by atoms with van der Waals surface area (Å²) >= 11 is 3.16. The van der Waals surface area contributed by atoms with E-state index in [0.717, 1.165) is 43.5 Å². The predicted octanol–water partition coefficient (Wildman–Crippen LogP) is 4.22. The molecule has 0 radical (unpaired) electrons. The maximum absolute atomic E-state index is 13.8. The molecule has 1 aliphatic heterocycles. The summed E-state index contributed by atoms with van der Waals surface area (Å²) in [5.41, 5.74) is 3.01. The molecule has 5 rings (SSSR count). The monoisotopic (exact) mass is 426 g/mol. The minimum absolute atomic E-state index is 0.0277. The number of ether oxygens (including phenoxy) is 1. The molecule has 1 aromatic carbocycles. The summed E-state index contributed by atoms with van der Waals surface area (Å²) in [6, 6.07) is 7.96. The molecule has 0 spiro atoms. The number of rotatable bonds is 3. The van der Waals surface area contributed by atoms with Gasteiger partial charge in [-0.15, -0.1) is 21.5 Å². The molecule has 0 N–H and O–H groups in total. The van der Waals surface area contributed by atoms with Gasteiger partial charge in [0.25, 0.3) is 5.56 Å². The molecule has 0 fully saturated rings. The van der Waals surface area contributed by atoms with E-state index in [1.807, 2.05) is 41.8 Å². The Hall–Kier alpha value is -2.16. The van der Waals surface area contributed by atoms with Crippen LogP contribution >= 0.6 is 23.1 Å². The standard InChI is InChI=1S/C21H22N4O2S2/c1-11(2)15-9-14-16(10-27-15)29-19-17(14)18(26)24(13-7-5-6-12(3)8-13)20-22-23-21(28-4)25(19)20/h5-8,11,15H,9-10H2,1-4H3/t15-/m0/s1. The molecular weight excluding hydrogens is 404 g/mol. The van der Waals surface area contributed by atoms with Crippen molar-refractivity contribution in [1.82, 2.24) is 19.2 Å². The van der Waals surface area contributed by atoms with Crippen molar-refractivity contribution in [2.45, 2.75) is 45.1 Å². The van der Waals surface area contributed by atoms with Crippen LogP contribution in [0.25, 0.3) is 21.7 Å². The van der Waals surface area contributed by atoms with Crippen molar-refractivity contribution in [3.05, 3.63) is 50.6 Å². The fourth-order valence-corrected chi connectivity index (χ4v) is 5.78. The number of aromatic nitrogens is 4. The van der Waals surface area contributed by atoms with Gasteiger partial charge in [-0.2, -0.15) is 0 Å². The third-order valence-electron chi connectivity index (χ3n) is 5.53. The lowest BCUT2D eigenvalue weighted by Gasteiger charge is -2.26. The minimum Gasteiger partial charge on any atom is -0.372 e. The number of nitrogens with zero attached hydrogens (tertiary/aromatic N) is 4.